The van der Waals surface area contributed by atoms with Gasteiger partial charge in [-0.3, -0.25) is 19.0 Å². The highest BCUT2D eigenvalue weighted by Crippen LogP contribution is 2.25. The number of fused-ring (bicyclic) bond motifs is 1. The van der Waals surface area contributed by atoms with Crippen LogP contribution in [0, 0.1) is 0 Å². The number of ether oxygens (including phenoxy) is 2. The average molecular weight is 429 g/mol. The van der Waals surface area contributed by atoms with Gasteiger partial charge in [-0.25, -0.2) is 4.98 Å². The van der Waals surface area contributed by atoms with Crippen LogP contribution in [0.5, 0.6) is 0 Å². The van der Waals surface area contributed by atoms with Crippen molar-refractivity contribution in [2.45, 2.75) is 32.2 Å². The molecule has 0 aliphatic carbocycles. The quantitative estimate of drug-likeness (QED) is 0.384. The normalized spacial score (nSPS) is 12.1. The summed E-state index contributed by atoms with van der Waals surface area (Å²) >= 11 is 1.46. The number of esters is 1. The van der Waals surface area contributed by atoms with E-state index in [1.165, 1.54) is 23.0 Å². The van der Waals surface area contributed by atoms with E-state index in [0.717, 1.165) is 11.3 Å². The first-order valence-electron chi connectivity index (χ1n) is 9.69. The van der Waals surface area contributed by atoms with Gasteiger partial charge in [0.25, 0.3) is 5.56 Å². The lowest BCUT2D eigenvalue weighted by atomic mass is 10.0. The molecule has 0 fully saturated rings. The molecule has 0 saturated heterocycles. The zero-order chi connectivity index (χ0) is 21.7. The van der Waals surface area contributed by atoms with Gasteiger partial charge in [-0.1, -0.05) is 37.3 Å². The summed E-state index contributed by atoms with van der Waals surface area (Å²) in [5.41, 5.74) is 0.0795. The Balaban J connectivity index is 2.22. The van der Waals surface area contributed by atoms with Crippen molar-refractivity contribution in [3.05, 3.63) is 63.0 Å². The van der Waals surface area contributed by atoms with E-state index >= 15 is 0 Å². The second kappa shape index (κ2) is 9.77. The fraction of sp³-hybridized carbons (Fsp3) is 0.364. The van der Waals surface area contributed by atoms with Crippen molar-refractivity contribution < 1.29 is 19.1 Å². The monoisotopic (exact) mass is 428 g/mol. The van der Waals surface area contributed by atoms with E-state index in [0.29, 0.717) is 34.6 Å². The van der Waals surface area contributed by atoms with Crippen molar-refractivity contribution in [2.24, 2.45) is 0 Å². The van der Waals surface area contributed by atoms with E-state index in [9.17, 15) is 14.4 Å². The molecule has 0 N–H and O–H groups in total. The lowest BCUT2D eigenvalue weighted by molar-refractivity contribution is -0.141. The number of rotatable bonds is 9. The fourth-order valence-electron chi connectivity index (χ4n) is 3.29. The van der Waals surface area contributed by atoms with Gasteiger partial charge in [-0.2, -0.15) is 0 Å². The molecule has 0 spiro atoms. The smallest absolute Gasteiger partial charge is 0.308 e. The van der Waals surface area contributed by atoms with Crippen LogP contribution < -0.4 is 5.56 Å². The molecule has 1 aromatic carbocycles. The SMILES string of the molecule is CCc1cc2c(=O)n(C(CC(=O)OC)C(=O)c3ccccc3)c(CCOC)nc2s1. The molecule has 8 heteroatoms. The maximum absolute atomic E-state index is 13.5. The number of thiophene rings is 1. The second-order valence-electron chi connectivity index (χ2n) is 6.76. The van der Waals surface area contributed by atoms with Crippen LogP contribution in [-0.2, 0) is 27.1 Å². The number of carbonyl (C=O) groups is 2. The van der Waals surface area contributed by atoms with Gasteiger partial charge in [0, 0.05) is 24.0 Å². The number of hydrogen-bond donors (Lipinski definition) is 0. The zero-order valence-corrected chi connectivity index (χ0v) is 18.0. The lowest BCUT2D eigenvalue weighted by Crippen LogP contribution is -2.35. The molecular weight excluding hydrogens is 404 g/mol. The topological polar surface area (TPSA) is 87.5 Å². The Morgan fingerprint density at radius 1 is 1.20 bits per heavy atom. The van der Waals surface area contributed by atoms with Crippen LogP contribution in [0.4, 0.5) is 0 Å². The molecule has 0 aliphatic rings. The molecule has 2 heterocycles. The fourth-order valence-corrected chi connectivity index (χ4v) is 4.26. The van der Waals surface area contributed by atoms with Gasteiger partial charge >= 0.3 is 5.97 Å². The third-order valence-electron chi connectivity index (χ3n) is 4.86. The summed E-state index contributed by atoms with van der Waals surface area (Å²) in [5.74, 6) is -0.501. The first kappa shape index (κ1) is 21.9. The Morgan fingerprint density at radius 2 is 1.93 bits per heavy atom. The van der Waals surface area contributed by atoms with Crippen LogP contribution in [0.3, 0.4) is 0 Å². The minimum Gasteiger partial charge on any atom is -0.469 e. The molecule has 2 aromatic heterocycles. The van der Waals surface area contributed by atoms with Gasteiger partial charge in [0.15, 0.2) is 5.78 Å². The molecule has 1 atom stereocenters. The minimum absolute atomic E-state index is 0.262. The van der Waals surface area contributed by atoms with Gasteiger partial charge in [0.1, 0.15) is 16.7 Å². The molecule has 0 amide bonds. The highest BCUT2D eigenvalue weighted by molar-refractivity contribution is 7.18. The summed E-state index contributed by atoms with van der Waals surface area (Å²) in [4.78, 5) is 45.3. The summed E-state index contributed by atoms with van der Waals surface area (Å²) in [6.07, 6.45) is 0.852. The number of benzene rings is 1. The van der Waals surface area contributed by atoms with E-state index in [1.54, 1.807) is 37.4 Å². The molecule has 3 aromatic rings. The van der Waals surface area contributed by atoms with E-state index < -0.39 is 12.0 Å². The Morgan fingerprint density at radius 3 is 2.57 bits per heavy atom. The van der Waals surface area contributed by atoms with Gasteiger partial charge < -0.3 is 9.47 Å². The predicted molar refractivity (Wildman–Crippen MR) is 115 cm³/mol. The summed E-state index contributed by atoms with van der Waals surface area (Å²) in [6, 6.07) is 9.37. The maximum atomic E-state index is 13.5. The molecule has 1 unspecified atom stereocenters. The molecule has 7 nitrogen and oxygen atoms in total. The number of nitrogens with zero attached hydrogens (tertiary/aromatic N) is 2. The van der Waals surface area contributed by atoms with Crippen LogP contribution in [0.25, 0.3) is 10.2 Å². The first-order valence-corrected chi connectivity index (χ1v) is 10.5. The Kier molecular flexibility index (Phi) is 7.12. The molecule has 0 aliphatic heterocycles. The number of methoxy groups -OCH3 is 2. The first-order chi connectivity index (χ1) is 14.5. The van der Waals surface area contributed by atoms with E-state index in [2.05, 4.69) is 4.98 Å². The lowest BCUT2D eigenvalue weighted by Gasteiger charge is -2.21. The zero-order valence-electron chi connectivity index (χ0n) is 17.2. The number of ketones is 1. The van der Waals surface area contributed by atoms with Crippen molar-refractivity contribution in [1.29, 1.82) is 0 Å². The van der Waals surface area contributed by atoms with E-state index in [1.807, 2.05) is 13.0 Å². The van der Waals surface area contributed by atoms with E-state index in [4.69, 9.17) is 9.47 Å². The van der Waals surface area contributed by atoms with Crippen molar-refractivity contribution >= 4 is 33.3 Å². The third-order valence-corrected chi connectivity index (χ3v) is 6.03. The maximum Gasteiger partial charge on any atom is 0.308 e. The molecular formula is C22H24N2O5S. The highest BCUT2D eigenvalue weighted by Gasteiger charge is 2.29. The standard InChI is InChI=1S/C22H24N2O5S/c1-4-15-12-16-21(30-15)23-18(10-11-28-2)24(22(16)27)17(13-19(25)29-3)20(26)14-8-6-5-7-9-14/h5-9,12,17H,4,10-11,13H2,1-3H3. The largest absolute Gasteiger partial charge is 0.469 e. The number of Topliss-reactive ketones (excluding diaryl/α,β-unsaturated/α-hetero) is 1. The van der Waals surface area contributed by atoms with Crippen LogP contribution in [0.15, 0.2) is 41.2 Å². The summed E-state index contributed by atoms with van der Waals surface area (Å²) in [6.45, 7) is 2.34. The van der Waals surface area contributed by atoms with Crippen molar-refractivity contribution in [2.75, 3.05) is 20.8 Å². The van der Waals surface area contributed by atoms with Crippen LogP contribution >= 0.6 is 11.3 Å². The Labute approximate surface area is 178 Å². The van der Waals surface area contributed by atoms with Gasteiger partial charge in [-0.15, -0.1) is 11.3 Å². The van der Waals surface area contributed by atoms with Gasteiger partial charge in [0.05, 0.1) is 25.5 Å². The molecule has 3 rings (SSSR count). The number of carbonyl (C=O) groups excluding carboxylic acids is 2. The van der Waals surface area contributed by atoms with Crippen LogP contribution in [0.2, 0.25) is 0 Å². The van der Waals surface area contributed by atoms with Crippen molar-refractivity contribution in [3.63, 3.8) is 0 Å². The molecule has 0 radical (unpaired) electrons. The third kappa shape index (κ3) is 4.49. The van der Waals surface area contributed by atoms with Crippen molar-refractivity contribution in [3.8, 4) is 0 Å². The molecule has 0 saturated carbocycles. The molecule has 158 valence electrons. The summed E-state index contributed by atoms with van der Waals surface area (Å²) in [7, 11) is 2.82. The Bertz CT molecular complexity index is 1100. The summed E-state index contributed by atoms with van der Waals surface area (Å²) < 4.78 is 11.3. The van der Waals surface area contributed by atoms with Crippen molar-refractivity contribution in [1.82, 2.24) is 9.55 Å². The van der Waals surface area contributed by atoms with Crippen LogP contribution in [-0.4, -0.2) is 42.1 Å². The van der Waals surface area contributed by atoms with Gasteiger partial charge in [-0.05, 0) is 12.5 Å². The number of aryl methyl sites for hydroxylation is 1. The molecule has 30 heavy (non-hydrogen) atoms. The average Bonchev–Trinajstić information content (AvgIpc) is 3.20. The predicted octanol–water partition coefficient (Wildman–Crippen LogP) is 3.20. The number of hydrogen-bond acceptors (Lipinski definition) is 7. The van der Waals surface area contributed by atoms with Gasteiger partial charge in [0.2, 0.25) is 0 Å². The summed E-state index contributed by atoms with van der Waals surface area (Å²) in [5, 5.41) is 0.453. The minimum atomic E-state index is -1.05. The molecule has 0 bridgehead atoms. The highest BCUT2D eigenvalue weighted by atomic mass is 32.1. The second-order valence-corrected chi connectivity index (χ2v) is 7.87. The van der Waals surface area contributed by atoms with Crippen LogP contribution in [0.1, 0.15) is 40.4 Å². The number of aromatic nitrogens is 2. The Hall–Kier alpha value is -2.84. The van der Waals surface area contributed by atoms with E-state index in [-0.39, 0.29) is 17.8 Å².